The third-order valence-corrected chi connectivity index (χ3v) is 3.56. The van der Waals surface area contributed by atoms with E-state index in [1.807, 2.05) is 24.3 Å². The number of primary amides is 1. The summed E-state index contributed by atoms with van der Waals surface area (Å²) in [6.45, 7) is 1.49. The van der Waals surface area contributed by atoms with Crippen LogP contribution in [0.4, 0.5) is 4.79 Å². The fourth-order valence-corrected chi connectivity index (χ4v) is 2.44. The first kappa shape index (κ1) is 15.8. The molecule has 2 aromatic rings. The van der Waals surface area contributed by atoms with Crippen LogP contribution >= 0.6 is 0 Å². The fraction of sp³-hybridized carbons (Fsp3) is 0.357. The number of nitrogens with zero attached hydrogens (tertiary/aromatic N) is 3. The van der Waals surface area contributed by atoms with Gasteiger partial charge in [0.25, 0.3) is 0 Å². The second kappa shape index (κ2) is 6.02. The molecule has 0 spiro atoms. The van der Waals surface area contributed by atoms with Crippen molar-refractivity contribution in [1.29, 1.82) is 0 Å². The van der Waals surface area contributed by atoms with E-state index in [-0.39, 0.29) is 6.54 Å². The van der Waals surface area contributed by atoms with Gasteiger partial charge in [-0.25, -0.2) is 14.6 Å². The molecule has 1 aromatic carbocycles. The first-order valence-corrected chi connectivity index (χ1v) is 6.77. The molecule has 0 aliphatic carbocycles. The molecule has 22 heavy (non-hydrogen) atoms. The van der Waals surface area contributed by atoms with Gasteiger partial charge in [0, 0.05) is 13.1 Å². The molecule has 0 fully saturated rings. The molecule has 0 radical (unpaired) electrons. The largest absolute Gasteiger partial charge is 0.480 e. The molecule has 1 heterocycles. The van der Waals surface area contributed by atoms with Crippen molar-refractivity contribution in [3.63, 3.8) is 0 Å². The summed E-state index contributed by atoms with van der Waals surface area (Å²) in [6.07, 6.45) is 0. The Bertz CT molecular complexity index is 710. The van der Waals surface area contributed by atoms with E-state index in [4.69, 9.17) is 11.5 Å². The number of carboxylic acids is 1. The van der Waals surface area contributed by atoms with Gasteiger partial charge in [-0.15, -0.1) is 0 Å². The molecule has 0 aliphatic rings. The molecule has 2 unspecified atom stereocenters. The quantitative estimate of drug-likeness (QED) is 0.729. The molecule has 8 heteroatoms. The van der Waals surface area contributed by atoms with Gasteiger partial charge in [0.2, 0.25) is 0 Å². The van der Waals surface area contributed by atoms with E-state index < -0.39 is 24.1 Å². The van der Waals surface area contributed by atoms with Crippen LogP contribution in [0.5, 0.6) is 0 Å². The molecule has 2 atom stereocenters. The van der Waals surface area contributed by atoms with Gasteiger partial charge < -0.3 is 26.0 Å². The van der Waals surface area contributed by atoms with Crippen molar-refractivity contribution in [3.8, 4) is 0 Å². The molecule has 0 aliphatic heterocycles. The summed E-state index contributed by atoms with van der Waals surface area (Å²) < 4.78 is 1.80. The number of fused-ring (bicyclic) bond motifs is 1. The third-order valence-electron chi connectivity index (χ3n) is 3.56. The topological polar surface area (TPSA) is 127 Å². The zero-order valence-electron chi connectivity index (χ0n) is 12.4. The highest BCUT2D eigenvalue weighted by molar-refractivity contribution is 5.82. The Morgan fingerprint density at radius 2 is 2.05 bits per heavy atom. The number of amides is 2. The molecular formula is C14H19N5O3. The van der Waals surface area contributed by atoms with E-state index in [9.17, 15) is 14.7 Å². The lowest BCUT2D eigenvalue weighted by atomic mass is 10.1. The molecule has 1 aromatic heterocycles. The van der Waals surface area contributed by atoms with Crippen LogP contribution in [0.3, 0.4) is 0 Å². The minimum absolute atomic E-state index is 0.0288. The van der Waals surface area contributed by atoms with Crippen molar-refractivity contribution < 1.29 is 14.7 Å². The van der Waals surface area contributed by atoms with Gasteiger partial charge >= 0.3 is 12.0 Å². The summed E-state index contributed by atoms with van der Waals surface area (Å²) in [6, 6.07) is 4.64. The molecule has 118 valence electrons. The predicted octanol–water partition coefficient (Wildman–Crippen LogP) is 0.254. The number of carbonyl (C=O) groups is 2. The van der Waals surface area contributed by atoms with Crippen molar-refractivity contribution in [1.82, 2.24) is 14.5 Å². The molecule has 0 saturated heterocycles. The molecule has 2 rings (SSSR count). The number of carboxylic acid groups (broad SMARTS) is 1. The van der Waals surface area contributed by atoms with Gasteiger partial charge in [0.15, 0.2) is 0 Å². The number of aryl methyl sites for hydroxylation is 1. The Morgan fingerprint density at radius 3 is 2.55 bits per heavy atom. The maximum absolute atomic E-state index is 11.7. The van der Waals surface area contributed by atoms with Crippen LogP contribution in [0.1, 0.15) is 12.7 Å². The van der Waals surface area contributed by atoms with Crippen molar-refractivity contribution in [2.45, 2.75) is 25.6 Å². The van der Waals surface area contributed by atoms with Gasteiger partial charge in [-0.05, 0) is 19.1 Å². The van der Waals surface area contributed by atoms with Gasteiger partial charge in [0.05, 0.1) is 17.6 Å². The first-order chi connectivity index (χ1) is 10.3. The molecule has 0 bridgehead atoms. The number of benzene rings is 1. The Balaban J connectivity index is 2.40. The SMILES string of the molecule is CC(N)C(C(=O)O)N(Cc1nc2ccccc2n1C)C(N)=O. The second-order valence-corrected chi connectivity index (χ2v) is 5.18. The zero-order valence-corrected chi connectivity index (χ0v) is 12.4. The summed E-state index contributed by atoms with van der Waals surface area (Å²) >= 11 is 0. The summed E-state index contributed by atoms with van der Waals surface area (Å²) in [5.74, 6) is -0.667. The molecular weight excluding hydrogens is 286 g/mol. The molecule has 2 amide bonds. The number of imidazole rings is 1. The Labute approximate surface area is 127 Å². The average molecular weight is 305 g/mol. The molecule has 8 nitrogen and oxygen atoms in total. The molecule has 5 N–H and O–H groups in total. The lowest BCUT2D eigenvalue weighted by molar-refractivity contribution is -0.143. The molecule has 0 saturated carbocycles. The number of rotatable bonds is 5. The summed E-state index contributed by atoms with van der Waals surface area (Å²) in [4.78, 5) is 28.5. The second-order valence-electron chi connectivity index (χ2n) is 5.18. The van der Waals surface area contributed by atoms with Crippen LogP contribution in [0.2, 0.25) is 0 Å². The monoisotopic (exact) mass is 305 g/mol. The van der Waals surface area contributed by atoms with E-state index in [2.05, 4.69) is 4.98 Å². The smallest absolute Gasteiger partial charge is 0.328 e. The maximum atomic E-state index is 11.7. The van der Waals surface area contributed by atoms with Gasteiger partial charge in [0.1, 0.15) is 11.9 Å². The average Bonchev–Trinajstić information content (AvgIpc) is 2.74. The first-order valence-electron chi connectivity index (χ1n) is 6.77. The Hall–Kier alpha value is -2.61. The van der Waals surface area contributed by atoms with Crippen molar-refractivity contribution in [2.24, 2.45) is 18.5 Å². The number of urea groups is 1. The summed E-state index contributed by atoms with van der Waals surface area (Å²) in [5, 5.41) is 9.29. The minimum Gasteiger partial charge on any atom is -0.480 e. The van der Waals surface area contributed by atoms with Crippen LogP contribution in [0, 0.1) is 0 Å². The highest BCUT2D eigenvalue weighted by atomic mass is 16.4. The normalized spacial score (nSPS) is 13.8. The fourth-order valence-electron chi connectivity index (χ4n) is 2.44. The van der Waals surface area contributed by atoms with Crippen LogP contribution in [-0.4, -0.2) is 43.6 Å². The van der Waals surface area contributed by atoms with E-state index in [1.165, 1.54) is 6.92 Å². The number of hydrogen-bond acceptors (Lipinski definition) is 4. The lowest BCUT2D eigenvalue weighted by Crippen LogP contribution is -2.55. The maximum Gasteiger partial charge on any atom is 0.328 e. The number of aliphatic carboxylic acids is 1. The summed E-state index contributed by atoms with van der Waals surface area (Å²) in [7, 11) is 1.80. The highest BCUT2D eigenvalue weighted by Crippen LogP contribution is 2.17. The number of para-hydroxylation sites is 2. The number of aromatic nitrogens is 2. The van der Waals surface area contributed by atoms with Crippen LogP contribution < -0.4 is 11.5 Å². The van der Waals surface area contributed by atoms with Crippen molar-refractivity contribution in [2.75, 3.05) is 0 Å². The highest BCUT2D eigenvalue weighted by Gasteiger charge is 2.32. The van der Waals surface area contributed by atoms with Crippen LogP contribution in [0.25, 0.3) is 11.0 Å². The van der Waals surface area contributed by atoms with E-state index in [0.29, 0.717) is 5.82 Å². The number of hydrogen-bond donors (Lipinski definition) is 3. The van der Waals surface area contributed by atoms with Crippen LogP contribution in [0.15, 0.2) is 24.3 Å². The van der Waals surface area contributed by atoms with Gasteiger partial charge in [-0.1, -0.05) is 12.1 Å². The minimum atomic E-state index is -1.21. The van der Waals surface area contributed by atoms with Crippen LogP contribution in [-0.2, 0) is 18.4 Å². The van der Waals surface area contributed by atoms with Crippen molar-refractivity contribution >= 4 is 23.0 Å². The lowest BCUT2D eigenvalue weighted by Gasteiger charge is -2.29. The predicted molar refractivity (Wildman–Crippen MR) is 80.9 cm³/mol. The van der Waals surface area contributed by atoms with E-state index in [1.54, 1.807) is 11.6 Å². The number of nitrogens with two attached hydrogens (primary N) is 2. The Morgan fingerprint density at radius 1 is 1.41 bits per heavy atom. The zero-order chi connectivity index (χ0) is 16.4. The standard InChI is InChI=1S/C14H19N5O3/c1-8(15)12(13(20)21)19(14(16)22)7-11-17-9-5-3-4-6-10(9)18(11)2/h3-6,8,12H,7,15H2,1-2H3,(H2,16,22)(H,20,21). The van der Waals surface area contributed by atoms with Gasteiger partial charge in [-0.3, -0.25) is 0 Å². The van der Waals surface area contributed by atoms with E-state index in [0.717, 1.165) is 15.9 Å². The van der Waals surface area contributed by atoms with E-state index >= 15 is 0 Å². The third kappa shape index (κ3) is 2.86. The van der Waals surface area contributed by atoms with Crippen molar-refractivity contribution in [3.05, 3.63) is 30.1 Å². The summed E-state index contributed by atoms with van der Waals surface area (Å²) in [5.41, 5.74) is 12.7. The Kier molecular flexibility index (Phi) is 4.32. The number of carbonyl (C=O) groups excluding carboxylic acids is 1. The van der Waals surface area contributed by atoms with Gasteiger partial charge in [-0.2, -0.15) is 0 Å².